The minimum Gasteiger partial charge on any atom is -0.314 e. The van der Waals surface area contributed by atoms with E-state index < -0.39 is 0 Å². The first kappa shape index (κ1) is 16.5. The number of aromatic nitrogens is 1. The Morgan fingerprint density at radius 1 is 1.37 bits per heavy atom. The lowest BCUT2D eigenvalue weighted by atomic mass is 9.78. The van der Waals surface area contributed by atoms with Crippen molar-refractivity contribution in [3.8, 4) is 0 Å². The Morgan fingerprint density at radius 2 is 2.05 bits per heavy atom. The SMILES string of the molecule is CCNC(Cc1ccncc1Cl)CC(C)C(C)(C)C. The third kappa shape index (κ3) is 5.50. The summed E-state index contributed by atoms with van der Waals surface area (Å²) >= 11 is 6.20. The van der Waals surface area contributed by atoms with Crippen LogP contribution in [0.15, 0.2) is 18.5 Å². The smallest absolute Gasteiger partial charge is 0.0621 e. The van der Waals surface area contributed by atoms with Crippen molar-refractivity contribution >= 4 is 11.6 Å². The number of pyridine rings is 1. The summed E-state index contributed by atoms with van der Waals surface area (Å²) in [7, 11) is 0. The van der Waals surface area contributed by atoms with Gasteiger partial charge in [0.2, 0.25) is 0 Å². The summed E-state index contributed by atoms with van der Waals surface area (Å²) < 4.78 is 0. The molecule has 0 saturated heterocycles. The molecular formula is C16H27ClN2. The molecule has 0 amide bonds. The van der Waals surface area contributed by atoms with Crippen molar-refractivity contribution in [3.05, 3.63) is 29.0 Å². The zero-order valence-corrected chi connectivity index (χ0v) is 13.6. The first-order chi connectivity index (χ1) is 8.84. The van der Waals surface area contributed by atoms with E-state index in [1.807, 2.05) is 12.3 Å². The van der Waals surface area contributed by atoms with Gasteiger partial charge in [0.05, 0.1) is 5.02 Å². The number of likely N-dealkylation sites (N-methyl/N-ethyl adjacent to an activating group) is 1. The Kier molecular flexibility index (Phi) is 6.28. The molecule has 1 N–H and O–H groups in total. The quantitative estimate of drug-likeness (QED) is 0.840. The maximum atomic E-state index is 6.20. The molecule has 0 aromatic carbocycles. The standard InChI is InChI=1S/C16H27ClN2/c1-6-19-14(9-12(2)16(3,4)5)10-13-7-8-18-11-15(13)17/h7-8,11-12,14,19H,6,9-10H2,1-5H3. The molecule has 0 aliphatic carbocycles. The van der Waals surface area contributed by atoms with Crippen LogP contribution in [-0.2, 0) is 6.42 Å². The third-order valence-electron chi connectivity index (χ3n) is 3.93. The molecule has 2 nitrogen and oxygen atoms in total. The minimum absolute atomic E-state index is 0.343. The van der Waals surface area contributed by atoms with Gasteiger partial charge in [0.1, 0.15) is 0 Å². The van der Waals surface area contributed by atoms with Crippen LogP contribution in [0.3, 0.4) is 0 Å². The predicted octanol–water partition coefficient (Wildman–Crippen LogP) is 4.33. The van der Waals surface area contributed by atoms with Gasteiger partial charge in [0, 0.05) is 18.4 Å². The van der Waals surface area contributed by atoms with Crippen LogP contribution in [0, 0.1) is 11.3 Å². The molecule has 108 valence electrons. The fourth-order valence-electron chi connectivity index (χ4n) is 2.14. The van der Waals surface area contributed by atoms with Gasteiger partial charge in [-0.2, -0.15) is 0 Å². The molecule has 3 heteroatoms. The lowest BCUT2D eigenvalue weighted by Crippen LogP contribution is -2.35. The van der Waals surface area contributed by atoms with Crippen LogP contribution < -0.4 is 5.32 Å². The Labute approximate surface area is 123 Å². The lowest BCUT2D eigenvalue weighted by molar-refractivity contribution is 0.222. The first-order valence-corrected chi connectivity index (χ1v) is 7.54. The van der Waals surface area contributed by atoms with E-state index in [9.17, 15) is 0 Å². The molecule has 0 aliphatic heterocycles. The van der Waals surface area contributed by atoms with Crippen LogP contribution in [0.1, 0.15) is 46.6 Å². The van der Waals surface area contributed by atoms with Gasteiger partial charge in [-0.1, -0.05) is 46.2 Å². The lowest BCUT2D eigenvalue weighted by Gasteiger charge is -2.31. The van der Waals surface area contributed by atoms with Crippen molar-refractivity contribution in [1.82, 2.24) is 10.3 Å². The number of halogens is 1. The van der Waals surface area contributed by atoms with Crippen LogP contribution in [0.5, 0.6) is 0 Å². The summed E-state index contributed by atoms with van der Waals surface area (Å²) in [5.41, 5.74) is 1.53. The summed E-state index contributed by atoms with van der Waals surface area (Å²) in [6, 6.07) is 2.49. The van der Waals surface area contributed by atoms with Gasteiger partial charge in [-0.05, 0) is 42.3 Å². The molecule has 2 unspecified atom stereocenters. The summed E-state index contributed by atoms with van der Waals surface area (Å²) in [5.74, 6) is 0.664. The van der Waals surface area contributed by atoms with Gasteiger partial charge in [-0.15, -0.1) is 0 Å². The topological polar surface area (TPSA) is 24.9 Å². The number of rotatable bonds is 6. The Balaban J connectivity index is 2.71. The Hall–Kier alpha value is -0.600. The van der Waals surface area contributed by atoms with E-state index in [1.54, 1.807) is 6.20 Å². The summed E-state index contributed by atoms with van der Waals surface area (Å²) in [4.78, 5) is 4.05. The summed E-state index contributed by atoms with van der Waals surface area (Å²) in [6.45, 7) is 12.4. The van der Waals surface area contributed by atoms with Gasteiger partial charge in [0.25, 0.3) is 0 Å². The summed E-state index contributed by atoms with van der Waals surface area (Å²) in [6.07, 6.45) is 5.68. The highest BCUT2D eigenvalue weighted by molar-refractivity contribution is 6.31. The van der Waals surface area contributed by atoms with Gasteiger partial charge in [0.15, 0.2) is 0 Å². The van der Waals surface area contributed by atoms with E-state index in [0.29, 0.717) is 17.4 Å². The maximum absolute atomic E-state index is 6.20. The Morgan fingerprint density at radius 3 is 2.58 bits per heavy atom. The van der Waals surface area contributed by atoms with Gasteiger partial charge in [-0.3, -0.25) is 4.98 Å². The molecule has 0 fully saturated rings. The molecule has 1 rings (SSSR count). The molecule has 19 heavy (non-hydrogen) atoms. The second kappa shape index (κ2) is 7.25. The van der Waals surface area contributed by atoms with Crippen LogP contribution in [-0.4, -0.2) is 17.6 Å². The molecule has 1 heterocycles. The average Bonchev–Trinajstić information content (AvgIpc) is 2.31. The van der Waals surface area contributed by atoms with Crippen LogP contribution in [0.2, 0.25) is 5.02 Å². The van der Waals surface area contributed by atoms with Gasteiger partial charge in [-0.25, -0.2) is 0 Å². The highest BCUT2D eigenvalue weighted by atomic mass is 35.5. The van der Waals surface area contributed by atoms with Gasteiger partial charge >= 0.3 is 0 Å². The highest BCUT2D eigenvalue weighted by Gasteiger charge is 2.23. The molecule has 1 aromatic rings. The highest BCUT2D eigenvalue weighted by Crippen LogP contribution is 2.30. The van der Waals surface area contributed by atoms with E-state index in [0.717, 1.165) is 24.4 Å². The average molecular weight is 283 g/mol. The largest absolute Gasteiger partial charge is 0.314 e. The van der Waals surface area contributed by atoms with E-state index in [-0.39, 0.29) is 0 Å². The fraction of sp³-hybridized carbons (Fsp3) is 0.688. The molecular weight excluding hydrogens is 256 g/mol. The van der Waals surface area contributed by atoms with E-state index in [1.165, 1.54) is 5.56 Å². The molecule has 0 saturated carbocycles. The predicted molar refractivity (Wildman–Crippen MR) is 83.7 cm³/mol. The van der Waals surface area contributed by atoms with E-state index >= 15 is 0 Å². The van der Waals surface area contributed by atoms with Crippen molar-refractivity contribution in [3.63, 3.8) is 0 Å². The van der Waals surface area contributed by atoms with Crippen LogP contribution in [0.4, 0.5) is 0 Å². The monoisotopic (exact) mass is 282 g/mol. The Bertz CT molecular complexity index is 385. The molecule has 2 atom stereocenters. The molecule has 0 bridgehead atoms. The second-order valence-corrected chi connectivity index (χ2v) is 6.84. The van der Waals surface area contributed by atoms with Crippen molar-refractivity contribution < 1.29 is 0 Å². The van der Waals surface area contributed by atoms with Gasteiger partial charge < -0.3 is 5.32 Å². The maximum Gasteiger partial charge on any atom is 0.0621 e. The zero-order valence-electron chi connectivity index (χ0n) is 12.8. The fourth-order valence-corrected chi connectivity index (χ4v) is 2.34. The van der Waals surface area contributed by atoms with Crippen LogP contribution >= 0.6 is 11.6 Å². The number of hydrogen-bond acceptors (Lipinski definition) is 2. The van der Waals surface area contributed by atoms with Crippen molar-refractivity contribution in [2.24, 2.45) is 11.3 Å². The minimum atomic E-state index is 0.343. The normalized spacial score (nSPS) is 15.3. The molecule has 1 aromatic heterocycles. The number of nitrogens with zero attached hydrogens (tertiary/aromatic N) is 1. The third-order valence-corrected chi connectivity index (χ3v) is 4.27. The van der Waals surface area contributed by atoms with E-state index in [2.05, 4.69) is 44.9 Å². The number of hydrogen-bond donors (Lipinski definition) is 1. The van der Waals surface area contributed by atoms with E-state index in [4.69, 9.17) is 11.6 Å². The first-order valence-electron chi connectivity index (χ1n) is 7.16. The molecule has 0 radical (unpaired) electrons. The molecule has 0 spiro atoms. The summed E-state index contributed by atoms with van der Waals surface area (Å²) in [5, 5.41) is 4.35. The van der Waals surface area contributed by atoms with Crippen molar-refractivity contribution in [2.75, 3.05) is 6.54 Å². The molecule has 0 aliphatic rings. The van der Waals surface area contributed by atoms with Crippen LogP contribution in [0.25, 0.3) is 0 Å². The zero-order chi connectivity index (χ0) is 14.5. The van der Waals surface area contributed by atoms with Crippen molar-refractivity contribution in [2.45, 2.75) is 53.5 Å². The second-order valence-electron chi connectivity index (χ2n) is 6.43. The number of nitrogens with one attached hydrogen (secondary N) is 1. The van der Waals surface area contributed by atoms with Crippen molar-refractivity contribution in [1.29, 1.82) is 0 Å².